The Bertz CT molecular complexity index is 323. The second-order valence-electron chi connectivity index (χ2n) is 3.55. The molecule has 1 aliphatic carbocycles. The van der Waals surface area contributed by atoms with Crippen molar-refractivity contribution in [2.24, 2.45) is 5.92 Å². The number of halogens is 1. The van der Waals surface area contributed by atoms with Crippen LogP contribution in [0.25, 0.3) is 0 Å². The van der Waals surface area contributed by atoms with Crippen molar-refractivity contribution in [3.05, 3.63) is 22.7 Å². The molecule has 3 heteroatoms. The van der Waals surface area contributed by atoms with Crippen LogP contribution in [-0.4, -0.2) is 12.9 Å². The van der Waals surface area contributed by atoms with Crippen LogP contribution in [0.15, 0.2) is 27.6 Å². The molecular formula is C11H13BrOS. The molecule has 14 heavy (non-hydrogen) atoms. The number of rotatable bonds is 4. The predicted molar refractivity (Wildman–Crippen MR) is 64.1 cm³/mol. The molecule has 0 bridgehead atoms. The van der Waals surface area contributed by atoms with Crippen LogP contribution in [0, 0.1) is 5.92 Å². The largest absolute Gasteiger partial charge is 0.496 e. The molecule has 1 aliphatic rings. The van der Waals surface area contributed by atoms with E-state index < -0.39 is 0 Å². The van der Waals surface area contributed by atoms with E-state index in [9.17, 15) is 0 Å². The summed E-state index contributed by atoms with van der Waals surface area (Å²) in [7, 11) is 1.69. The number of hydrogen-bond donors (Lipinski definition) is 0. The van der Waals surface area contributed by atoms with Crippen LogP contribution in [0.3, 0.4) is 0 Å². The Hall–Kier alpha value is -0.150. The summed E-state index contributed by atoms with van der Waals surface area (Å²) < 4.78 is 6.22. The average Bonchev–Trinajstić information content (AvgIpc) is 2.98. The zero-order valence-corrected chi connectivity index (χ0v) is 10.5. The lowest BCUT2D eigenvalue weighted by molar-refractivity contribution is 0.412. The molecule has 0 N–H and O–H groups in total. The molecule has 0 saturated heterocycles. The minimum atomic E-state index is 0.903. The molecule has 1 fully saturated rings. The first kappa shape index (κ1) is 10.4. The molecule has 1 saturated carbocycles. The first-order valence-corrected chi connectivity index (χ1v) is 6.54. The zero-order chi connectivity index (χ0) is 9.97. The van der Waals surface area contributed by atoms with Crippen molar-refractivity contribution in [3.8, 4) is 5.75 Å². The van der Waals surface area contributed by atoms with Crippen molar-refractivity contribution < 1.29 is 4.74 Å². The van der Waals surface area contributed by atoms with E-state index in [2.05, 4.69) is 28.1 Å². The number of benzene rings is 1. The SMILES string of the molecule is COc1ccc(SCC2CC2)cc1Br. The van der Waals surface area contributed by atoms with E-state index in [0.717, 1.165) is 16.1 Å². The van der Waals surface area contributed by atoms with Gasteiger partial charge in [-0.05, 0) is 52.9 Å². The highest BCUT2D eigenvalue weighted by atomic mass is 79.9. The molecule has 2 rings (SSSR count). The molecule has 1 aromatic rings. The van der Waals surface area contributed by atoms with Crippen LogP contribution in [0.1, 0.15) is 12.8 Å². The maximum atomic E-state index is 5.18. The summed E-state index contributed by atoms with van der Waals surface area (Å²) in [6, 6.07) is 6.27. The molecule has 0 heterocycles. The van der Waals surface area contributed by atoms with Crippen molar-refractivity contribution >= 4 is 27.7 Å². The number of thioether (sulfide) groups is 1. The van der Waals surface area contributed by atoms with E-state index in [1.54, 1.807) is 7.11 Å². The minimum Gasteiger partial charge on any atom is -0.496 e. The van der Waals surface area contributed by atoms with Gasteiger partial charge in [0.25, 0.3) is 0 Å². The zero-order valence-electron chi connectivity index (χ0n) is 8.13. The molecule has 0 amide bonds. The van der Waals surface area contributed by atoms with Crippen molar-refractivity contribution in [1.29, 1.82) is 0 Å². The minimum absolute atomic E-state index is 0.903. The normalized spacial score (nSPS) is 15.6. The first-order valence-electron chi connectivity index (χ1n) is 4.76. The van der Waals surface area contributed by atoms with E-state index in [-0.39, 0.29) is 0 Å². The first-order chi connectivity index (χ1) is 6.79. The Morgan fingerprint density at radius 2 is 2.29 bits per heavy atom. The Balaban J connectivity index is 1.99. The van der Waals surface area contributed by atoms with E-state index in [0.29, 0.717) is 0 Å². The molecule has 0 aliphatic heterocycles. The highest BCUT2D eigenvalue weighted by molar-refractivity contribution is 9.10. The van der Waals surface area contributed by atoms with Gasteiger partial charge >= 0.3 is 0 Å². The fraction of sp³-hybridized carbons (Fsp3) is 0.455. The van der Waals surface area contributed by atoms with Crippen molar-refractivity contribution in [2.75, 3.05) is 12.9 Å². The maximum Gasteiger partial charge on any atom is 0.133 e. The Morgan fingerprint density at radius 3 is 2.86 bits per heavy atom. The summed E-state index contributed by atoms with van der Waals surface area (Å²) in [4.78, 5) is 1.32. The van der Waals surface area contributed by atoms with Gasteiger partial charge in [0.05, 0.1) is 11.6 Å². The summed E-state index contributed by atoms with van der Waals surface area (Å²) in [5.74, 6) is 3.14. The molecule has 0 spiro atoms. The number of ether oxygens (including phenoxy) is 1. The Morgan fingerprint density at radius 1 is 1.50 bits per heavy atom. The van der Waals surface area contributed by atoms with Crippen molar-refractivity contribution in [3.63, 3.8) is 0 Å². The molecule has 1 aromatic carbocycles. The van der Waals surface area contributed by atoms with Gasteiger partial charge in [-0.15, -0.1) is 11.8 Å². The van der Waals surface area contributed by atoms with Gasteiger partial charge in [0.2, 0.25) is 0 Å². The fourth-order valence-electron chi connectivity index (χ4n) is 1.24. The van der Waals surface area contributed by atoms with Gasteiger partial charge < -0.3 is 4.74 Å². The third-order valence-electron chi connectivity index (χ3n) is 2.31. The fourth-order valence-corrected chi connectivity index (χ4v) is 3.05. The molecule has 0 unspecified atom stereocenters. The molecule has 0 atom stereocenters. The highest BCUT2D eigenvalue weighted by Gasteiger charge is 2.21. The standard InChI is InChI=1S/C11H13BrOS/c1-13-11-5-4-9(6-10(11)12)14-7-8-2-3-8/h4-6,8H,2-3,7H2,1H3. The highest BCUT2D eigenvalue weighted by Crippen LogP contribution is 2.36. The summed E-state index contributed by atoms with van der Waals surface area (Å²) in [6.07, 6.45) is 2.84. The molecular weight excluding hydrogens is 260 g/mol. The van der Waals surface area contributed by atoms with Gasteiger partial charge in [0.1, 0.15) is 5.75 Å². The van der Waals surface area contributed by atoms with Crippen LogP contribution in [0.4, 0.5) is 0 Å². The van der Waals surface area contributed by atoms with E-state index in [1.165, 1.54) is 23.5 Å². The quantitative estimate of drug-likeness (QED) is 0.768. The summed E-state index contributed by atoms with van der Waals surface area (Å²) in [5.41, 5.74) is 0. The maximum absolute atomic E-state index is 5.18. The smallest absolute Gasteiger partial charge is 0.133 e. The lowest BCUT2D eigenvalue weighted by Gasteiger charge is -2.05. The third kappa shape index (κ3) is 2.67. The van der Waals surface area contributed by atoms with Gasteiger partial charge in [0, 0.05) is 10.6 Å². The summed E-state index contributed by atoms with van der Waals surface area (Å²) >= 11 is 5.43. The van der Waals surface area contributed by atoms with Crippen LogP contribution in [0.2, 0.25) is 0 Å². The van der Waals surface area contributed by atoms with E-state index in [4.69, 9.17) is 4.74 Å². The summed E-state index contributed by atoms with van der Waals surface area (Å²) in [6.45, 7) is 0. The lowest BCUT2D eigenvalue weighted by atomic mass is 10.3. The average molecular weight is 273 g/mol. The molecule has 0 aromatic heterocycles. The van der Waals surface area contributed by atoms with Crippen molar-refractivity contribution in [2.45, 2.75) is 17.7 Å². The van der Waals surface area contributed by atoms with Crippen LogP contribution in [-0.2, 0) is 0 Å². The van der Waals surface area contributed by atoms with Crippen LogP contribution < -0.4 is 4.74 Å². The Kier molecular flexibility index (Phi) is 3.39. The van der Waals surface area contributed by atoms with Crippen LogP contribution >= 0.6 is 27.7 Å². The van der Waals surface area contributed by atoms with Gasteiger partial charge in [-0.2, -0.15) is 0 Å². The van der Waals surface area contributed by atoms with Crippen LogP contribution in [0.5, 0.6) is 5.75 Å². The lowest BCUT2D eigenvalue weighted by Crippen LogP contribution is -1.85. The van der Waals surface area contributed by atoms with Gasteiger partial charge in [0.15, 0.2) is 0 Å². The molecule has 0 radical (unpaired) electrons. The summed E-state index contributed by atoms with van der Waals surface area (Å²) in [5, 5.41) is 0. The van der Waals surface area contributed by atoms with Crippen molar-refractivity contribution in [1.82, 2.24) is 0 Å². The monoisotopic (exact) mass is 272 g/mol. The van der Waals surface area contributed by atoms with E-state index in [1.807, 2.05) is 17.8 Å². The number of hydrogen-bond acceptors (Lipinski definition) is 2. The second-order valence-corrected chi connectivity index (χ2v) is 5.50. The molecule has 1 nitrogen and oxygen atoms in total. The van der Waals surface area contributed by atoms with Gasteiger partial charge in [-0.1, -0.05) is 0 Å². The predicted octanol–water partition coefficient (Wildman–Crippen LogP) is 3.96. The Labute approximate surface area is 97.4 Å². The van der Waals surface area contributed by atoms with E-state index >= 15 is 0 Å². The topological polar surface area (TPSA) is 9.23 Å². The van der Waals surface area contributed by atoms with Gasteiger partial charge in [-0.3, -0.25) is 0 Å². The molecule has 76 valence electrons. The number of methoxy groups -OCH3 is 1. The van der Waals surface area contributed by atoms with Gasteiger partial charge in [-0.25, -0.2) is 0 Å². The second kappa shape index (κ2) is 4.58. The third-order valence-corrected chi connectivity index (χ3v) is 4.15.